The number of carbonyl (C=O) groups excluding carboxylic acids is 6. The lowest BCUT2D eigenvalue weighted by Gasteiger charge is -2.29. The summed E-state index contributed by atoms with van der Waals surface area (Å²) in [5.41, 5.74) is 8.31. The third-order valence-corrected chi connectivity index (χ3v) is 13.5. The van der Waals surface area contributed by atoms with Crippen molar-refractivity contribution >= 4 is 49.3 Å². The second-order valence-electron chi connectivity index (χ2n) is 17.4. The van der Waals surface area contributed by atoms with Crippen LogP contribution in [0.15, 0.2) is 24.0 Å². The first kappa shape index (κ1) is 60.0. The van der Waals surface area contributed by atoms with Gasteiger partial charge in [-0.2, -0.15) is 0 Å². The lowest BCUT2D eigenvalue weighted by Crippen LogP contribution is -2.55. The van der Waals surface area contributed by atoms with E-state index >= 15 is 0 Å². The molecule has 5 unspecified atom stereocenters. The number of nitrogens with one attached hydrogen (secondary N) is 4. The molecule has 0 saturated heterocycles. The molecule has 0 radical (unpaired) electrons. The number of amides is 2. The number of hydroxylamine groups is 1. The highest BCUT2D eigenvalue weighted by Crippen LogP contribution is 2.53. The van der Waals surface area contributed by atoms with Gasteiger partial charge >= 0.3 is 37.5 Å². The van der Waals surface area contributed by atoms with Gasteiger partial charge < -0.3 is 55.1 Å². The van der Waals surface area contributed by atoms with E-state index in [1.165, 1.54) is 108 Å². The summed E-state index contributed by atoms with van der Waals surface area (Å²) in [5, 5.41) is 25.8. The molecule has 0 fully saturated rings. The molecule has 1 aliphatic rings. The number of carbonyl (C=O) groups is 7. The zero-order valence-electron chi connectivity index (χ0n) is 41.2. The number of imidazole rings is 1. The second kappa shape index (κ2) is 32.7. The van der Waals surface area contributed by atoms with Crippen molar-refractivity contribution in [1.82, 2.24) is 35.4 Å². The fraction of sp³-hybridized carbons (Fsp3) is 0.733. The van der Waals surface area contributed by atoms with Crippen molar-refractivity contribution in [2.45, 2.75) is 173 Å². The van der Waals surface area contributed by atoms with Crippen molar-refractivity contribution in [3.8, 4) is 0 Å². The van der Waals surface area contributed by atoms with E-state index in [0.29, 0.717) is 31.5 Å². The largest absolute Gasteiger partial charge is 0.505 e. The number of carboxylic acid groups (broad SMARTS) is 1. The fourth-order valence-electron chi connectivity index (χ4n) is 6.99. The highest BCUT2D eigenvalue weighted by molar-refractivity contribution is 7.54. The smallest absolute Gasteiger partial charge is 0.395 e. The van der Waals surface area contributed by atoms with E-state index in [-0.39, 0.29) is 19.3 Å². The number of esters is 3. The van der Waals surface area contributed by atoms with Gasteiger partial charge in [0.2, 0.25) is 17.9 Å². The first-order valence-corrected chi connectivity index (χ1v) is 25.5. The molecule has 8 N–H and O–H groups in total. The van der Waals surface area contributed by atoms with Crippen molar-refractivity contribution in [2.75, 3.05) is 41.3 Å². The number of hydrogen-bond acceptors (Lipinski definition) is 17. The number of aliphatic carboxylic acids is 1. The summed E-state index contributed by atoms with van der Waals surface area (Å²) in [4.78, 5) is 101. The molecule has 0 saturated carbocycles. The summed E-state index contributed by atoms with van der Waals surface area (Å²) < 4.78 is 37.6. The SMILES string of the molecule is CCCCCCCCCCCCCCCC(=O)OCC(OC(=O)CCC(=O)ONC(C)C(=O)NC(CCCCN)C(=O)NC(Cc1cnc[nH]1)C(=O)O)C1OC(=O)C(OP(=O)(N(C)C)N(C)C)=C1O. The van der Waals surface area contributed by atoms with Gasteiger partial charge in [0.25, 0.3) is 5.76 Å². The molecular weight excluding hydrogens is 924 g/mol. The van der Waals surface area contributed by atoms with Crippen LogP contribution >= 0.6 is 7.67 Å². The molecule has 0 bridgehead atoms. The number of aliphatic hydroxyl groups excluding tert-OH is 1. The second-order valence-corrected chi connectivity index (χ2v) is 20.1. The number of aliphatic hydroxyl groups is 1. The number of cyclic esters (lactones) is 1. The monoisotopic (exact) mass is 1000 g/mol. The standard InChI is InChI=1S/C45H77N8O15P/c1-7-8-9-10-11-12-13-14-15-16-17-18-19-23-36(54)64-29-35(40-39(57)41(45(62)66-40)68-69(63,52(3)4)53(5)6)65-37(55)24-25-38(56)67-51-31(2)42(58)49-33(22-20-21-26-46)43(59)50-34(44(60)61)27-32-28-47-30-48-32/h28,30-31,33-35,40,51,57H,7-27,29,46H2,1-6H3,(H,47,48)(H,49,58)(H,50,59)(H,60,61). The molecule has 24 heteroatoms. The van der Waals surface area contributed by atoms with Gasteiger partial charge in [0.1, 0.15) is 24.7 Å². The van der Waals surface area contributed by atoms with Crippen LogP contribution < -0.4 is 21.8 Å². The van der Waals surface area contributed by atoms with Gasteiger partial charge in [-0.05, 0) is 67.3 Å². The number of nitrogens with zero attached hydrogens (tertiary/aromatic N) is 3. The molecule has 1 aromatic rings. The Morgan fingerprint density at radius 2 is 1.41 bits per heavy atom. The summed E-state index contributed by atoms with van der Waals surface area (Å²) in [7, 11) is 1.84. The lowest BCUT2D eigenvalue weighted by molar-refractivity contribution is -0.172. The van der Waals surface area contributed by atoms with Gasteiger partial charge in [-0.1, -0.05) is 84.0 Å². The molecule has 2 amide bonds. The van der Waals surface area contributed by atoms with E-state index in [1.807, 2.05) is 0 Å². The van der Waals surface area contributed by atoms with Crippen LogP contribution in [0.5, 0.6) is 0 Å². The van der Waals surface area contributed by atoms with E-state index in [2.05, 4.69) is 33.0 Å². The molecule has 23 nitrogen and oxygen atoms in total. The Morgan fingerprint density at radius 3 is 1.96 bits per heavy atom. The molecule has 392 valence electrons. The number of carboxylic acids is 1. The van der Waals surface area contributed by atoms with Gasteiger partial charge in [-0.25, -0.2) is 28.5 Å². The van der Waals surface area contributed by atoms with Crippen LogP contribution in [-0.2, 0) is 68.1 Å². The van der Waals surface area contributed by atoms with E-state index in [0.717, 1.165) is 25.7 Å². The average Bonchev–Trinajstić information content (AvgIpc) is 3.93. The maximum absolute atomic E-state index is 13.5. The molecule has 0 spiro atoms. The normalized spacial score (nSPS) is 15.6. The average molecular weight is 1000 g/mol. The Kier molecular flexibility index (Phi) is 28.4. The van der Waals surface area contributed by atoms with Crippen LogP contribution in [0.3, 0.4) is 0 Å². The van der Waals surface area contributed by atoms with Crippen molar-refractivity contribution in [1.29, 1.82) is 0 Å². The number of unbranched alkanes of at least 4 members (excludes halogenated alkanes) is 13. The lowest BCUT2D eigenvalue weighted by atomic mass is 10.0. The van der Waals surface area contributed by atoms with Crippen molar-refractivity contribution < 1.29 is 71.9 Å². The minimum Gasteiger partial charge on any atom is -0.505 e. The number of hydrogen-bond donors (Lipinski definition) is 7. The Bertz CT molecular complexity index is 1840. The Balaban J connectivity index is 1.99. The highest BCUT2D eigenvalue weighted by atomic mass is 31.2. The van der Waals surface area contributed by atoms with Crippen molar-refractivity contribution in [3.05, 3.63) is 29.7 Å². The number of nitrogens with two attached hydrogens (primary N) is 1. The van der Waals surface area contributed by atoms with Crippen molar-refractivity contribution in [3.63, 3.8) is 0 Å². The topological polar surface area (TPSA) is 320 Å². The van der Waals surface area contributed by atoms with Crippen LogP contribution in [0.2, 0.25) is 0 Å². The Hall–Kier alpha value is -5.09. The minimum atomic E-state index is -3.89. The quantitative estimate of drug-likeness (QED) is 0.0160. The Morgan fingerprint density at radius 1 is 0.826 bits per heavy atom. The van der Waals surface area contributed by atoms with Crippen LogP contribution in [-0.4, -0.2) is 143 Å². The zero-order valence-corrected chi connectivity index (χ0v) is 42.1. The summed E-state index contributed by atoms with van der Waals surface area (Å²) >= 11 is 0. The van der Waals surface area contributed by atoms with Gasteiger partial charge in [0.05, 0.1) is 19.2 Å². The third-order valence-electron chi connectivity index (χ3n) is 11.1. The molecule has 1 aliphatic heterocycles. The number of rotatable bonds is 38. The predicted molar refractivity (Wildman–Crippen MR) is 251 cm³/mol. The van der Waals surface area contributed by atoms with Crippen LogP contribution in [0.1, 0.15) is 142 Å². The maximum atomic E-state index is 13.5. The van der Waals surface area contributed by atoms with E-state index in [4.69, 9.17) is 29.3 Å². The first-order chi connectivity index (χ1) is 32.8. The van der Waals surface area contributed by atoms with Crippen LogP contribution in [0, 0.1) is 0 Å². The molecule has 2 rings (SSSR count). The first-order valence-electron chi connectivity index (χ1n) is 23.9. The van der Waals surface area contributed by atoms with Crippen LogP contribution in [0.4, 0.5) is 0 Å². The third kappa shape index (κ3) is 22.5. The molecule has 2 heterocycles. The molecule has 0 aliphatic carbocycles. The molecule has 69 heavy (non-hydrogen) atoms. The van der Waals surface area contributed by atoms with Gasteiger partial charge in [0, 0.05) is 24.7 Å². The fourth-order valence-corrected chi connectivity index (χ4v) is 8.44. The predicted octanol–water partition coefficient (Wildman–Crippen LogP) is 4.23. The van der Waals surface area contributed by atoms with E-state index < -0.39 is 111 Å². The molecule has 1 aromatic heterocycles. The summed E-state index contributed by atoms with van der Waals surface area (Å²) in [6.07, 6.45) is 13.8. The summed E-state index contributed by atoms with van der Waals surface area (Å²) in [6, 6.07) is -3.74. The molecule has 0 aromatic carbocycles. The Labute approximate surface area is 405 Å². The van der Waals surface area contributed by atoms with E-state index in [9.17, 15) is 48.3 Å². The maximum Gasteiger partial charge on any atom is 0.395 e. The summed E-state index contributed by atoms with van der Waals surface area (Å²) in [5.74, 6) is -8.42. The number of aromatic amines is 1. The number of ether oxygens (including phenoxy) is 3. The van der Waals surface area contributed by atoms with Crippen molar-refractivity contribution in [2.24, 2.45) is 5.73 Å². The van der Waals surface area contributed by atoms with Gasteiger partial charge in [-0.3, -0.25) is 24.0 Å². The van der Waals surface area contributed by atoms with E-state index in [1.54, 1.807) is 0 Å². The van der Waals surface area contributed by atoms with Crippen LogP contribution in [0.25, 0.3) is 0 Å². The number of aromatic nitrogens is 2. The highest BCUT2D eigenvalue weighted by Gasteiger charge is 2.47. The summed E-state index contributed by atoms with van der Waals surface area (Å²) in [6.45, 7) is 3.19. The minimum absolute atomic E-state index is 0.0587. The zero-order chi connectivity index (χ0) is 51.4. The van der Waals surface area contributed by atoms with Gasteiger partial charge in [0.15, 0.2) is 11.9 Å². The molecular formula is C45H77N8O15P. The van der Waals surface area contributed by atoms with Gasteiger partial charge in [-0.15, -0.1) is 5.48 Å². The number of H-pyrrole nitrogens is 1. The molecule has 5 atom stereocenters.